The zero-order chi connectivity index (χ0) is 14.4. The fraction of sp³-hybridized carbons (Fsp3) is 0.286. The van der Waals surface area contributed by atoms with Crippen LogP contribution in [0.4, 0.5) is 0 Å². The van der Waals surface area contributed by atoms with Crippen molar-refractivity contribution < 1.29 is 23.9 Å². The molecule has 5 nitrogen and oxygen atoms in total. The van der Waals surface area contributed by atoms with Crippen LogP contribution in [0, 0.1) is 0 Å². The van der Waals surface area contributed by atoms with E-state index in [0.29, 0.717) is 17.8 Å². The van der Waals surface area contributed by atoms with Crippen molar-refractivity contribution in [3.05, 3.63) is 41.2 Å². The molecule has 0 aromatic rings. The van der Waals surface area contributed by atoms with Crippen LogP contribution in [-0.4, -0.2) is 24.5 Å². The van der Waals surface area contributed by atoms with Crippen LogP contribution >= 0.6 is 0 Å². The standard InChI is InChI=1S/C14H14O5/c1-9(2)14(17)18-8-13(16)19-12-5-4-11(7-15)6-10(12)3/h4-5H,1,6,8H2,2-3H3. The lowest BCUT2D eigenvalue weighted by Gasteiger charge is -2.13. The summed E-state index contributed by atoms with van der Waals surface area (Å²) in [5.74, 6) is 0.811. The van der Waals surface area contributed by atoms with Crippen molar-refractivity contribution in [2.75, 3.05) is 6.61 Å². The van der Waals surface area contributed by atoms with E-state index in [1.807, 2.05) is 0 Å². The van der Waals surface area contributed by atoms with Crippen molar-refractivity contribution in [2.24, 2.45) is 0 Å². The summed E-state index contributed by atoms with van der Waals surface area (Å²) in [6.45, 7) is 6.14. The molecule has 0 N–H and O–H groups in total. The fourth-order valence-corrected chi connectivity index (χ4v) is 1.34. The first-order valence-corrected chi connectivity index (χ1v) is 5.59. The van der Waals surface area contributed by atoms with E-state index in [2.05, 4.69) is 11.3 Å². The lowest BCUT2D eigenvalue weighted by Crippen LogP contribution is -2.17. The molecule has 0 aromatic carbocycles. The maximum atomic E-state index is 11.5. The Hall–Kier alpha value is -2.39. The van der Waals surface area contributed by atoms with Gasteiger partial charge in [-0.3, -0.25) is 0 Å². The second-order valence-corrected chi connectivity index (χ2v) is 4.11. The van der Waals surface area contributed by atoms with Crippen LogP contribution < -0.4 is 0 Å². The number of hydrogen-bond acceptors (Lipinski definition) is 5. The number of carbonyl (C=O) groups is 2. The van der Waals surface area contributed by atoms with Gasteiger partial charge in [-0.1, -0.05) is 6.58 Å². The number of esters is 2. The van der Waals surface area contributed by atoms with Crippen LogP contribution in [0.25, 0.3) is 0 Å². The van der Waals surface area contributed by atoms with Gasteiger partial charge in [-0.05, 0) is 31.6 Å². The Balaban J connectivity index is 2.54. The number of carbonyl (C=O) groups excluding carboxylic acids is 3. The predicted octanol–water partition coefficient (Wildman–Crippen LogP) is 1.64. The minimum absolute atomic E-state index is 0.210. The zero-order valence-corrected chi connectivity index (χ0v) is 10.8. The van der Waals surface area contributed by atoms with Crippen LogP contribution in [0.2, 0.25) is 0 Å². The van der Waals surface area contributed by atoms with Crippen molar-refractivity contribution in [1.29, 1.82) is 0 Å². The second kappa shape index (κ2) is 6.52. The van der Waals surface area contributed by atoms with Gasteiger partial charge in [0, 0.05) is 17.6 Å². The third kappa shape index (κ3) is 4.41. The average Bonchev–Trinajstić information content (AvgIpc) is 2.38. The summed E-state index contributed by atoms with van der Waals surface area (Å²) in [4.78, 5) is 33.0. The van der Waals surface area contributed by atoms with Crippen molar-refractivity contribution in [2.45, 2.75) is 20.3 Å². The van der Waals surface area contributed by atoms with Gasteiger partial charge in [-0.2, -0.15) is 0 Å². The molecule has 0 atom stereocenters. The molecule has 0 radical (unpaired) electrons. The van der Waals surface area contributed by atoms with Gasteiger partial charge in [0.2, 0.25) is 0 Å². The van der Waals surface area contributed by atoms with Gasteiger partial charge < -0.3 is 9.47 Å². The topological polar surface area (TPSA) is 69.7 Å². The van der Waals surface area contributed by atoms with Gasteiger partial charge >= 0.3 is 11.9 Å². The molecule has 1 aliphatic carbocycles. The summed E-state index contributed by atoms with van der Waals surface area (Å²) < 4.78 is 9.69. The van der Waals surface area contributed by atoms with Crippen molar-refractivity contribution in [3.63, 3.8) is 0 Å². The van der Waals surface area contributed by atoms with E-state index >= 15 is 0 Å². The van der Waals surface area contributed by atoms with Crippen molar-refractivity contribution in [3.8, 4) is 0 Å². The third-order valence-electron chi connectivity index (χ3n) is 2.34. The first kappa shape index (κ1) is 14.7. The molecule has 0 fully saturated rings. The van der Waals surface area contributed by atoms with E-state index in [1.165, 1.54) is 19.1 Å². The Morgan fingerprint density at radius 3 is 2.63 bits per heavy atom. The lowest BCUT2D eigenvalue weighted by atomic mass is 10.0. The number of allylic oxidation sites excluding steroid dienone is 4. The van der Waals surface area contributed by atoms with E-state index in [1.54, 1.807) is 12.9 Å². The minimum Gasteiger partial charge on any atom is -0.450 e. The molecule has 0 bridgehead atoms. The van der Waals surface area contributed by atoms with Gasteiger partial charge in [-0.15, -0.1) is 0 Å². The Morgan fingerprint density at radius 2 is 2.11 bits per heavy atom. The highest BCUT2D eigenvalue weighted by atomic mass is 16.6. The smallest absolute Gasteiger partial charge is 0.349 e. The van der Waals surface area contributed by atoms with Gasteiger partial charge in [0.05, 0.1) is 0 Å². The fourth-order valence-electron chi connectivity index (χ4n) is 1.34. The van der Waals surface area contributed by atoms with Gasteiger partial charge in [-0.25, -0.2) is 14.4 Å². The molecule has 0 spiro atoms. The van der Waals surface area contributed by atoms with Crippen LogP contribution in [0.15, 0.2) is 41.2 Å². The van der Waals surface area contributed by atoms with Crippen LogP contribution in [0.1, 0.15) is 20.3 Å². The molecule has 0 heterocycles. The highest BCUT2D eigenvalue weighted by molar-refractivity contribution is 5.88. The second-order valence-electron chi connectivity index (χ2n) is 4.11. The number of ether oxygens (including phenoxy) is 2. The third-order valence-corrected chi connectivity index (χ3v) is 2.34. The van der Waals surface area contributed by atoms with E-state index in [9.17, 15) is 14.4 Å². The molecule has 0 amide bonds. The summed E-state index contributed by atoms with van der Waals surface area (Å²) in [6, 6.07) is 0. The molecule has 0 aliphatic heterocycles. The molecular weight excluding hydrogens is 248 g/mol. The Morgan fingerprint density at radius 1 is 1.42 bits per heavy atom. The zero-order valence-electron chi connectivity index (χ0n) is 10.8. The maximum Gasteiger partial charge on any atom is 0.349 e. The Kier molecular flexibility index (Phi) is 5.03. The quantitative estimate of drug-likeness (QED) is 0.437. The van der Waals surface area contributed by atoms with E-state index < -0.39 is 18.5 Å². The highest BCUT2D eigenvalue weighted by Crippen LogP contribution is 2.21. The monoisotopic (exact) mass is 262 g/mol. The average molecular weight is 262 g/mol. The highest BCUT2D eigenvalue weighted by Gasteiger charge is 2.15. The Labute approximate surface area is 110 Å². The Bertz CT molecular complexity index is 530. The first-order chi connectivity index (χ1) is 8.93. The van der Waals surface area contributed by atoms with Crippen LogP contribution in [0.3, 0.4) is 0 Å². The molecule has 0 aromatic heterocycles. The van der Waals surface area contributed by atoms with E-state index in [-0.39, 0.29) is 5.57 Å². The van der Waals surface area contributed by atoms with Gasteiger partial charge in [0.1, 0.15) is 11.7 Å². The summed E-state index contributed by atoms with van der Waals surface area (Å²) in [5, 5.41) is 0. The summed E-state index contributed by atoms with van der Waals surface area (Å²) >= 11 is 0. The van der Waals surface area contributed by atoms with Gasteiger partial charge in [0.25, 0.3) is 0 Å². The predicted molar refractivity (Wildman–Crippen MR) is 67.5 cm³/mol. The molecule has 19 heavy (non-hydrogen) atoms. The van der Waals surface area contributed by atoms with Crippen molar-refractivity contribution in [1.82, 2.24) is 0 Å². The lowest BCUT2D eigenvalue weighted by molar-refractivity contribution is -0.153. The van der Waals surface area contributed by atoms with Crippen LogP contribution in [-0.2, 0) is 23.9 Å². The molecule has 1 rings (SSSR count). The number of hydrogen-bond donors (Lipinski definition) is 0. The molecule has 5 heteroatoms. The summed E-state index contributed by atoms with van der Waals surface area (Å²) in [7, 11) is 0. The normalized spacial score (nSPS) is 13.9. The summed E-state index contributed by atoms with van der Waals surface area (Å²) in [5.41, 5.74) is 1.44. The minimum atomic E-state index is -0.688. The molecule has 0 saturated carbocycles. The first-order valence-electron chi connectivity index (χ1n) is 5.59. The molecule has 100 valence electrons. The van der Waals surface area contributed by atoms with Gasteiger partial charge in [0.15, 0.2) is 6.61 Å². The largest absolute Gasteiger partial charge is 0.450 e. The number of rotatable bonds is 4. The van der Waals surface area contributed by atoms with E-state index in [4.69, 9.17) is 4.74 Å². The molecule has 1 aliphatic rings. The van der Waals surface area contributed by atoms with E-state index in [0.717, 1.165) is 5.57 Å². The van der Waals surface area contributed by atoms with Crippen LogP contribution in [0.5, 0.6) is 0 Å². The molecular formula is C14H14O5. The summed E-state index contributed by atoms with van der Waals surface area (Å²) in [6.07, 6.45) is 3.42. The molecule has 0 saturated heterocycles. The maximum absolute atomic E-state index is 11.5. The van der Waals surface area contributed by atoms with Crippen molar-refractivity contribution >= 4 is 17.9 Å². The SMILES string of the molecule is C=C(C)C(=O)OCC(=O)OC1=C(C)CC(=C=O)C=C1. The molecule has 0 unspecified atom stereocenters.